The third kappa shape index (κ3) is 3.66. The van der Waals surface area contributed by atoms with E-state index < -0.39 is 11.5 Å². The predicted octanol–water partition coefficient (Wildman–Crippen LogP) is 2.31. The molecule has 0 aromatic rings. The molecule has 1 N–H and O–H groups in total. The summed E-state index contributed by atoms with van der Waals surface area (Å²) in [5.74, 6) is -0.656. The molecule has 1 fully saturated rings. The van der Waals surface area contributed by atoms with Crippen LogP contribution >= 0.6 is 0 Å². The van der Waals surface area contributed by atoms with Crippen LogP contribution in [0.4, 0.5) is 4.79 Å². The fourth-order valence-electron chi connectivity index (χ4n) is 2.96. The zero-order valence-corrected chi connectivity index (χ0v) is 13.1. The maximum Gasteiger partial charge on any atom is 0.329 e. The first-order valence-corrected chi connectivity index (χ1v) is 7.56. The molecule has 6 nitrogen and oxygen atoms in total. The number of aliphatic carboxylic acids is 1. The number of nitrogens with zero attached hydrogens (tertiary/aromatic N) is 3. The van der Waals surface area contributed by atoms with Crippen LogP contribution in [0.25, 0.3) is 0 Å². The van der Waals surface area contributed by atoms with Crippen LogP contribution in [-0.2, 0) is 4.79 Å². The van der Waals surface area contributed by atoms with E-state index in [0.29, 0.717) is 38.9 Å². The van der Waals surface area contributed by atoms with E-state index in [9.17, 15) is 14.7 Å². The van der Waals surface area contributed by atoms with E-state index in [1.807, 2.05) is 26.8 Å². The highest BCUT2D eigenvalue weighted by molar-refractivity contribution is 5.87. The van der Waals surface area contributed by atoms with E-state index in [4.69, 9.17) is 5.26 Å². The number of hydrogen-bond donors (Lipinski definition) is 1. The minimum Gasteiger partial charge on any atom is -0.479 e. The molecule has 0 saturated carbocycles. The summed E-state index contributed by atoms with van der Waals surface area (Å²) in [5.41, 5.74) is -1.08. The van der Waals surface area contributed by atoms with Gasteiger partial charge in [0.05, 0.1) is 12.5 Å². The van der Waals surface area contributed by atoms with Crippen LogP contribution in [0, 0.1) is 17.2 Å². The van der Waals surface area contributed by atoms with Crippen LogP contribution in [0.5, 0.6) is 0 Å². The molecule has 1 unspecified atom stereocenters. The van der Waals surface area contributed by atoms with Gasteiger partial charge in [0.15, 0.2) is 0 Å². The van der Waals surface area contributed by atoms with Gasteiger partial charge in [0, 0.05) is 19.6 Å². The van der Waals surface area contributed by atoms with Crippen LogP contribution in [0.15, 0.2) is 0 Å². The summed E-state index contributed by atoms with van der Waals surface area (Å²) < 4.78 is 0. The SMILES string of the molecule is CCC1(C(=O)O)CCCN1C(=O)N(CCC#N)CC(C)C. The fraction of sp³-hybridized carbons (Fsp3) is 0.800. The highest BCUT2D eigenvalue weighted by atomic mass is 16.4. The molecule has 0 bridgehead atoms. The quantitative estimate of drug-likeness (QED) is 0.815. The zero-order valence-electron chi connectivity index (χ0n) is 13.1. The number of likely N-dealkylation sites (tertiary alicyclic amines) is 1. The lowest BCUT2D eigenvalue weighted by atomic mass is 9.93. The molecular weight excluding hydrogens is 270 g/mol. The average Bonchev–Trinajstić information content (AvgIpc) is 2.87. The van der Waals surface area contributed by atoms with Crippen LogP contribution in [0.1, 0.15) is 46.5 Å². The monoisotopic (exact) mass is 295 g/mol. The third-order valence-corrected chi connectivity index (χ3v) is 4.05. The second kappa shape index (κ2) is 7.30. The molecule has 1 saturated heterocycles. The van der Waals surface area contributed by atoms with E-state index in [2.05, 4.69) is 0 Å². The molecule has 1 aliphatic rings. The molecule has 6 heteroatoms. The number of amides is 2. The number of carbonyl (C=O) groups is 2. The van der Waals surface area contributed by atoms with Gasteiger partial charge in [-0.15, -0.1) is 0 Å². The Morgan fingerprint density at radius 3 is 2.62 bits per heavy atom. The Morgan fingerprint density at radius 1 is 1.48 bits per heavy atom. The lowest BCUT2D eigenvalue weighted by molar-refractivity contribution is -0.148. The van der Waals surface area contributed by atoms with Crippen molar-refractivity contribution in [2.75, 3.05) is 19.6 Å². The second-order valence-corrected chi connectivity index (χ2v) is 5.98. The number of carbonyl (C=O) groups excluding carboxylic acids is 1. The first kappa shape index (κ1) is 17.3. The summed E-state index contributed by atoms with van der Waals surface area (Å²) in [7, 11) is 0. The standard InChI is InChI=1S/C15H25N3O3/c1-4-15(13(19)20)7-5-10-18(15)14(21)17(9-6-8-16)11-12(2)3/h12H,4-7,9-11H2,1-3H3,(H,19,20). The summed E-state index contributed by atoms with van der Waals surface area (Å²) in [6.45, 7) is 7.17. The summed E-state index contributed by atoms with van der Waals surface area (Å²) in [4.78, 5) is 27.5. The summed E-state index contributed by atoms with van der Waals surface area (Å²) in [6, 6.07) is 1.80. The summed E-state index contributed by atoms with van der Waals surface area (Å²) in [6.07, 6.45) is 1.87. The molecular formula is C15H25N3O3. The number of carboxylic acids is 1. The lowest BCUT2D eigenvalue weighted by Crippen LogP contribution is -2.57. The van der Waals surface area contributed by atoms with Gasteiger partial charge in [-0.25, -0.2) is 9.59 Å². The van der Waals surface area contributed by atoms with E-state index in [1.165, 1.54) is 4.90 Å². The van der Waals surface area contributed by atoms with E-state index in [0.717, 1.165) is 0 Å². The molecule has 21 heavy (non-hydrogen) atoms. The van der Waals surface area contributed by atoms with Crippen molar-refractivity contribution in [1.29, 1.82) is 5.26 Å². The van der Waals surface area contributed by atoms with Crippen molar-refractivity contribution in [1.82, 2.24) is 9.80 Å². The Labute approximate surface area is 126 Å². The van der Waals surface area contributed by atoms with Crippen molar-refractivity contribution in [3.8, 4) is 6.07 Å². The molecule has 1 rings (SSSR count). The highest BCUT2D eigenvalue weighted by Crippen LogP contribution is 2.33. The Hall–Kier alpha value is -1.77. The number of carboxylic acid groups (broad SMARTS) is 1. The Morgan fingerprint density at radius 2 is 2.14 bits per heavy atom. The minimum atomic E-state index is -1.08. The molecule has 118 valence electrons. The molecule has 1 heterocycles. The van der Waals surface area contributed by atoms with Crippen LogP contribution in [0.2, 0.25) is 0 Å². The van der Waals surface area contributed by atoms with Crippen molar-refractivity contribution >= 4 is 12.0 Å². The van der Waals surface area contributed by atoms with Gasteiger partial charge in [0.2, 0.25) is 0 Å². The maximum absolute atomic E-state index is 12.7. The van der Waals surface area contributed by atoms with Gasteiger partial charge in [-0.05, 0) is 25.2 Å². The van der Waals surface area contributed by atoms with Crippen molar-refractivity contribution in [3.05, 3.63) is 0 Å². The molecule has 0 spiro atoms. The van der Waals surface area contributed by atoms with Gasteiger partial charge in [-0.2, -0.15) is 5.26 Å². The minimum absolute atomic E-state index is 0.249. The second-order valence-electron chi connectivity index (χ2n) is 5.98. The summed E-state index contributed by atoms with van der Waals surface area (Å²) >= 11 is 0. The number of hydrogen-bond acceptors (Lipinski definition) is 3. The third-order valence-electron chi connectivity index (χ3n) is 4.05. The normalized spacial score (nSPS) is 21.4. The van der Waals surface area contributed by atoms with Crippen molar-refractivity contribution < 1.29 is 14.7 Å². The molecule has 0 radical (unpaired) electrons. The Kier molecular flexibility index (Phi) is 6.01. The molecule has 1 atom stereocenters. The summed E-state index contributed by atoms with van der Waals surface area (Å²) in [5, 5.41) is 18.3. The predicted molar refractivity (Wildman–Crippen MR) is 78.6 cm³/mol. The first-order valence-electron chi connectivity index (χ1n) is 7.56. The zero-order chi connectivity index (χ0) is 16.0. The first-order chi connectivity index (χ1) is 9.89. The smallest absolute Gasteiger partial charge is 0.329 e. The molecule has 0 aromatic heterocycles. The lowest BCUT2D eigenvalue weighted by Gasteiger charge is -2.38. The average molecular weight is 295 g/mol. The Bertz CT molecular complexity index is 430. The van der Waals surface area contributed by atoms with E-state index in [1.54, 1.807) is 4.90 Å². The number of nitriles is 1. The number of rotatable bonds is 6. The van der Waals surface area contributed by atoms with Crippen molar-refractivity contribution in [3.63, 3.8) is 0 Å². The largest absolute Gasteiger partial charge is 0.479 e. The van der Waals surface area contributed by atoms with E-state index >= 15 is 0 Å². The highest BCUT2D eigenvalue weighted by Gasteiger charge is 2.49. The van der Waals surface area contributed by atoms with Crippen LogP contribution < -0.4 is 0 Å². The molecule has 1 aliphatic heterocycles. The number of urea groups is 1. The molecule has 0 aliphatic carbocycles. The fourth-order valence-corrected chi connectivity index (χ4v) is 2.96. The van der Waals surface area contributed by atoms with Gasteiger partial charge in [-0.1, -0.05) is 20.8 Å². The van der Waals surface area contributed by atoms with Crippen molar-refractivity contribution in [2.45, 2.75) is 52.0 Å². The van der Waals surface area contributed by atoms with Gasteiger partial charge in [0.25, 0.3) is 0 Å². The van der Waals surface area contributed by atoms with Crippen LogP contribution in [-0.4, -0.2) is 52.1 Å². The van der Waals surface area contributed by atoms with Gasteiger partial charge < -0.3 is 14.9 Å². The van der Waals surface area contributed by atoms with Gasteiger partial charge >= 0.3 is 12.0 Å². The van der Waals surface area contributed by atoms with E-state index in [-0.39, 0.29) is 18.4 Å². The van der Waals surface area contributed by atoms with Crippen molar-refractivity contribution in [2.24, 2.45) is 5.92 Å². The molecule has 0 aromatic carbocycles. The Balaban J connectivity index is 2.96. The molecule has 2 amide bonds. The topological polar surface area (TPSA) is 84.6 Å². The van der Waals surface area contributed by atoms with Gasteiger partial charge in [-0.3, -0.25) is 0 Å². The van der Waals surface area contributed by atoms with Crippen LogP contribution in [0.3, 0.4) is 0 Å². The maximum atomic E-state index is 12.7. The van der Waals surface area contributed by atoms with Gasteiger partial charge in [0.1, 0.15) is 5.54 Å².